The number of hydrogen-bond donors (Lipinski definition) is 1. The van der Waals surface area contributed by atoms with Crippen LogP contribution in [0.3, 0.4) is 0 Å². The van der Waals surface area contributed by atoms with Crippen molar-refractivity contribution in [3.63, 3.8) is 0 Å². The van der Waals surface area contributed by atoms with E-state index in [1.165, 1.54) is 11.3 Å². The van der Waals surface area contributed by atoms with Gasteiger partial charge in [0.15, 0.2) is 16.6 Å². The summed E-state index contributed by atoms with van der Waals surface area (Å²) in [6.07, 6.45) is 0. The molecule has 0 aliphatic carbocycles. The number of rotatable bonds is 7. The summed E-state index contributed by atoms with van der Waals surface area (Å²) in [6.45, 7) is 2.07. The van der Waals surface area contributed by atoms with Crippen LogP contribution >= 0.6 is 23.1 Å². The van der Waals surface area contributed by atoms with Gasteiger partial charge in [-0.15, -0.1) is 23.1 Å². The molecule has 0 fully saturated rings. The third-order valence-electron chi connectivity index (χ3n) is 3.84. The van der Waals surface area contributed by atoms with Crippen molar-refractivity contribution in [1.82, 2.24) is 4.98 Å². The van der Waals surface area contributed by atoms with Crippen molar-refractivity contribution in [2.75, 3.05) is 25.3 Å². The van der Waals surface area contributed by atoms with E-state index in [1.807, 2.05) is 47.8 Å². The predicted molar refractivity (Wildman–Crippen MR) is 111 cm³/mol. The molecule has 3 rings (SSSR count). The second-order valence-electron chi connectivity index (χ2n) is 5.49. The number of hydrogen-bond acceptors (Lipinski definition) is 6. The first-order valence-corrected chi connectivity index (χ1v) is 10.2. The Balaban J connectivity index is 1.80. The Labute approximate surface area is 166 Å². The molecule has 1 heterocycles. The Kier molecular flexibility index (Phi) is 6.36. The summed E-state index contributed by atoms with van der Waals surface area (Å²) in [6, 6.07) is 13.2. The highest BCUT2D eigenvalue weighted by molar-refractivity contribution is 7.99. The number of nitrogens with zero attached hydrogens (tertiary/aromatic N) is 1. The predicted octanol–water partition coefficient (Wildman–Crippen LogP) is 5.19. The van der Waals surface area contributed by atoms with E-state index in [-0.39, 0.29) is 5.91 Å². The molecule has 1 amide bonds. The van der Waals surface area contributed by atoms with Crippen molar-refractivity contribution in [1.29, 1.82) is 0 Å². The molecule has 0 aliphatic rings. The molecule has 2 aromatic carbocycles. The van der Waals surface area contributed by atoms with E-state index in [2.05, 4.69) is 17.2 Å². The van der Waals surface area contributed by atoms with E-state index in [1.54, 1.807) is 26.0 Å². The molecule has 5 nitrogen and oxygen atoms in total. The summed E-state index contributed by atoms with van der Waals surface area (Å²) in [5, 5.41) is 5.36. The number of amides is 1. The van der Waals surface area contributed by atoms with Crippen molar-refractivity contribution in [2.45, 2.75) is 11.8 Å². The van der Waals surface area contributed by atoms with E-state index in [0.717, 1.165) is 21.9 Å². The van der Waals surface area contributed by atoms with E-state index >= 15 is 0 Å². The number of carbonyl (C=O) groups excluding carboxylic acids is 1. The Bertz CT molecular complexity index is 940. The standard InChI is InChI=1S/C20H20N2O3S2/c1-4-26-18-8-6-5-7-14(18)19(23)22-20-21-15(12-27-20)13-9-10-16(24-2)17(11-13)25-3/h5-12H,4H2,1-3H3,(H,21,22,23). The molecule has 0 aliphatic heterocycles. The summed E-state index contributed by atoms with van der Waals surface area (Å²) in [7, 11) is 3.20. The first-order valence-electron chi connectivity index (χ1n) is 8.37. The molecular weight excluding hydrogens is 380 g/mol. The maximum absolute atomic E-state index is 12.6. The van der Waals surface area contributed by atoms with E-state index in [4.69, 9.17) is 9.47 Å². The molecule has 27 heavy (non-hydrogen) atoms. The SMILES string of the molecule is CCSc1ccccc1C(=O)Nc1nc(-c2ccc(OC)c(OC)c2)cs1. The highest BCUT2D eigenvalue weighted by Crippen LogP contribution is 2.33. The molecular formula is C20H20N2O3S2. The average Bonchev–Trinajstić information content (AvgIpc) is 3.16. The van der Waals surface area contributed by atoms with Crippen LogP contribution in [0.4, 0.5) is 5.13 Å². The summed E-state index contributed by atoms with van der Waals surface area (Å²) in [4.78, 5) is 18.1. The Morgan fingerprint density at radius 1 is 1.15 bits per heavy atom. The zero-order chi connectivity index (χ0) is 19.2. The molecule has 3 aromatic rings. The van der Waals surface area contributed by atoms with Crippen molar-refractivity contribution < 1.29 is 14.3 Å². The van der Waals surface area contributed by atoms with Gasteiger partial charge in [0.2, 0.25) is 0 Å². The molecule has 0 atom stereocenters. The van der Waals surface area contributed by atoms with Gasteiger partial charge in [0.05, 0.1) is 25.5 Å². The minimum atomic E-state index is -0.153. The van der Waals surface area contributed by atoms with Gasteiger partial charge in [-0.3, -0.25) is 10.1 Å². The fourth-order valence-corrected chi connectivity index (χ4v) is 4.08. The third kappa shape index (κ3) is 4.43. The molecule has 0 bridgehead atoms. The molecule has 7 heteroatoms. The lowest BCUT2D eigenvalue weighted by molar-refractivity contribution is 0.102. The molecule has 0 saturated heterocycles. The molecule has 1 N–H and O–H groups in total. The van der Waals surface area contributed by atoms with Crippen LogP contribution in [-0.2, 0) is 0 Å². The van der Waals surface area contributed by atoms with Crippen LogP contribution < -0.4 is 14.8 Å². The number of aromatic nitrogens is 1. The maximum atomic E-state index is 12.6. The van der Waals surface area contributed by atoms with E-state index in [9.17, 15) is 4.79 Å². The number of methoxy groups -OCH3 is 2. The first kappa shape index (κ1) is 19.3. The normalized spacial score (nSPS) is 10.5. The van der Waals surface area contributed by atoms with Crippen LogP contribution in [0.2, 0.25) is 0 Å². The number of carbonyl (C=O) groups is 1. The first-order chi connectivity index (χ1) is 13.2. The Hall–Kier alpha value is -2.51. The van der Waals surface area contributed by atoms with Crippen LogP contribution in [0.1, 0.15) is 17.3 Å². The number of thiazole rings is 1. The van der Waals surface area contributed by atoms with Crippen LogP contribution in [-0.4, -0.2) is 30.9 Å². The number of ether oxygens (including phenoxy) is 2. The zero-order valence-corrected chi connectivity index (χ0v) is 16.9. The Morgan fingerprint density at radius 2 is 1.93 bits per heavy atom. The van der Waals surface area contributed by atoms with Crippen molar-refractivity contribution in [3.05, 3.63) is 53.4 Å². The van der Waals surface area contributed by atoms with Gasteiger partial charge in [-0.05, 0) is 36.1 Å². The number of nitrogens with one attached hydrogen (secondary N) is 1. The van der Waals surface area contributed by atoms with Gasteiger partial charge in [0.25, 0.3) is 5.91 Å². The monoisotopic (exact) mass is 400 g/mol. The quantitative estimate of drug-likeness (QED) is 0.553. The van der Waals surface area contributed by atoms with Crippen LogP contribution in [0.5, 0.6) is 11.5 Å². The van der Waals surface area contributed by atoms with Crippen LogP contribution in [0.25, 0.3) is 11.3 Å². The van der Waals surface area contributed by atoms with Crippen molar-refractivity contribution in [3.8, 4) is 22.8 Å². The van der Waals surface area contributed by atoms with Gasteiger partial charge >= 0.3 is 0 Å². The van der Waals surface area contributed by atoms with Crippen LogP contribution in [0.15, 0.2) is 52.7 Å². The van der Waals surface area contributed by atoms with Gasteiger partial charge in [0.1, 0.15) is 0 Å². The van der Waals surface area contributed by atoms with Crippen molar-refractivity contribution in [2.24, 2.45) is 0 Å². The zero-order valence-electron chi connectivity index (χ0n) is 15.3. The summed E-state index contributed by atoms with van der Waals surface area (Å²) in [5.74, 6) is 2.05. The highest BCUT2D eigenvalue weighted by Gasteiger charge is 2.14. The van der Waals surface area contributed by atoms with E-state index in [0.29, 0.717) is 22.2 Å². The van der Waals surface area contributed by atoms with E-state index < -0.39 is 0 Å². The van der Waals surface area contributed by atoms with Gasteiger partial charge in [0, 0.05) is 15.8 Å². The number of thioether (sulfide) groups is 1. The number of anilines is 1. The van der Waals surface area contributed by atoms with Gasteiger partial charge < -0.3 is 9.47 Å². The molecule has 0 unspecified atom stereocenters. The molecule has 0 radical (unpaired) electrons. The largest absolute Gasteiger partial charge is 0.493 e. The number of benzene rings is 2. The average molecular weight is 401 g/mol. The summed E-state index contributed by atoms with van der Waals surface area (Å²) < 4.78 is 10.6. The van der Waals surface area contributed by atoms with Crippen molar-refractivity contribution >= 4 is 34.1 Å². The fraction of sp³-hybridized carbons (Fsp3) is 0.200. The highest BCUT2D eigenvalue weighted by atomic mass is 32.2. The third-order valence-corrected chi connectivity index (χ3v) is 5.55. The lowest BCUT2D eigenvalue weighted by Crippen LogP contribution is -2.12. The molecule has 1 aromatic heterocycles. The minimum absolute atomic E-state index is 0.153. The maximum Gasteiger partial charge on any atom is 0.258 e. The van der Waals surface area contributed by atoms with Gasteiger partial charge in [-0.1, -0.05) is 19.1 Å². The second-order valence-corrected chi connectivity index (χ2v) is 7.65. The van der Waals surface area contributed by atoms with Gasteiger partial charge in [-0.2, -0.15) is 0 Å². The van der Waals surface area contributed by atoms with Crippen LogP contribution in [0, 0.1) is 0 Å². The van der Waals surface area contributed by atoms with Gasteiger partial charge in [-0.25, -0.2) is 4.98 Å². The summed E-state index contributed by atoms with van der Waals surface area (Å²) >= 11 is 3.03. The molecule has 140 valence electrons. The lowest BCUT2D eigenvalue weighted by Gasteiger charge is -2.08. The molecule has 0 saturated carbocycles. The topological polar surface area (TPSA) is 60.5 Å². The second kappa shape index (κ2) is 8.92. The minimum Gasteiger partial charge on any atom is -0.493 e. The smallest absolute Gasteiger partial charge is 0.258 e. The molecule has 0 spiro atoms. The Morgan fingerprint density at radius 3 is 2.67 bits per heavy atom. The summed E-state index contributed by atoms with van der Waals surface area (Å²) in [5.41, 5.74) is 2.33. The lowest BCUT2D eigenvalue weighted by atomic mass is 10.1. The fourth-order valence-electron chi connectivity index (χ4n) is 2.56.